The van der Waals surface area contributed by atoms with Gasteiger partial charge in [-0.15, -0.1) is 0 Å². The molecule has 5 nitrogen and oxygen atoms in total. The molecule has 0 radical (unpaired) electrons. The molecule has 5 heteroatoms. The molecule has 1 aliphatic carbocycles. The van der Waals surface area contributed by atoms with E-state index >= 15 is 0 Å². The van der Waals surface area contributed by atoms with E-state index in [1.165, 1.54) is 0 Å². The van der Waals surface area contributed by atoms with Crippen molar-refractivity contribution in [3.8, 4) is 0 Å². The molecule has 29 heavy (non-hydrogen) atoms. The van der Waals surface area contributed by atoms with Gasteiger partial charge in [0.15, 0.2) is 0 Å². The molecule has 1 aliphatic heterocycles. The summed E-state index contributed by atoms with van der Waals surface area (Å²) >= 11 is 0. The van der Waals surface area contributed by atoms with E-state index in [4.69, 9.17) is 0 Å². The first-order chi connectivity index (χ1) is 14.1. The number of fused-ring (bicyclic) bond motifs is 1. The Kier molecular flexibility index (Phi) is 5.48. The molecule has 0 saturated heterocycles. The van der Waals surface area contributed by atoms with Gasteiger partial charge in [-0.25, -0.2) is 0 Å². The maximum Gasteiger partial charge on any atom is 0.254 e. The van der Waals surface area contributed by atoms with Gasteiger partial charge in [0, 0.05) is 31.0 Å². The van der Waals surface area contributed by atoms with Crippen molar-refractivity contribution in [2.45, 2.75) is 63.5 Å². The van der Waals surface area contributed by atoms with Crippen molar-refractivity contribution in [3.63, 3.8) is 0 Å². The third-order valence-corrected chi connectivity index (χ3v) is 6.78. The molecule has 2 aliphatic rings. The van der Waals surface area contributed by atoms with Gasteiger partial charge in [0.2, 0.25) is 5.91 Å². The minimum Gasteiger partial charge on any atom is -0.353 e. The Morgan fingerprint density at radius 2 is 1.93 bits per heavy atom. The third-order valence-electron chi connectivity index (χ3n) is 6.78. The van der Waals surface area contributed by atoms with Gasteiger partial charge in [0.1, 0.15) is 0 Å². The molecule has 1 spiro atoms. The number of amides is 2. The summed E-state index contributed by atoms with van der Waals surface area (Å²) in [6, 6.07) is 11.7. The van der Waals surface area contributed by atoms with Gasteiger partial charge in [-0.05, 0) is 43.0 Å². The number of unbranched alkanes of at least 4 members (excludes halogenated alkanes) is 1. The van der Waals surface area contributed by atoms with Gasteiger partial charge in [0.05, 0.1) is 18.0 Å². The molecule has 2 amide bonds. The van der Waals surface area contributed by atoms with Crippen LogP contribution in [0.2, 0.25) is 0 Å². The molecule has 2 heterocycles. The summed E-state index contributed by atoms with van der Waals surface area (Å²) in [7, 11) is 1.99. The lowest BCUT2D eigenvalue weighted by molar-refractivity contribution is -0.126. The van der Waals surface area contributed by atoms with E-state index in [1.54, 1.807) is 0 Å². The Bertz CT molecular complexity index is 895. The Morgan fingerprint density at radius 3 is 2.62 bits per heavy atom. The fraction of sp³-hybridized carbons (Fsp3) is 0.500. The molecule has 1 aromatic carbocycles. The van der Waals surface area contributed by atoms with Crippen LogP contribution in [0.5, 0.6) is 0 Å². The lowest BCUT2D eigenvalue weighted by Crippen LogP contribution is -2.60. The fourth-order valence-electron chi connectivity index (χ4n) is 5.27. The van der Waals surface area contributed by atoms with Crippen molar-refractivity contribution in [3.05, 3.63) is 59.4 Å². The molecule has 1 aromatic heterocycles. The maximum atomic E-state index is 13.6. The summed E-state index contributed by atoms with van der Waals surface area (Å²) in [6.45, 7) is 3.37. The predicted octanol–water partition coefficient (Wildman–Crippen LogP) is 3.99. The van der Waals surface area contributed by atoms with Crippen LogP contribution in [0.1, 0.15) is 73.0 Å². The molecular formula is C24H31N3O2. The van der Waals surface area contributed by atoms with Crippen LogP contribution >= 0.6 is 0 Å². The van der Waals surface area contributed by atoms with Crippen molar-refractivity contribution in [1.82, 2.24) is 14.8 Å². The highest BCUT2D eigenvalue weighted by Crippen LogP contribution is 2.50. The van der Waals surface area contributed by atoms with E-state index in [0.717, 1.165) is 56.3 Å². The summed E-state index contributed by atoms with van der Waals surface area (Å²) in [4.78, 5) is 29.1. The van der Waals surface area contributed by atoms with E-state index in [-0.39, 0.29) is 23.3 Å². The van der Waals surface area contributed by atoms with Gasteiger partial charge < -0.3 is 14.8 Å². The molecule has 154 valence electrons. The number of hydrogen-bond acceptors (Lipinski definition) is 2. The van der Waals surface area contributed by atoms with Crippen molar-refractivity contribution >= 4 is 11.8 Å². The van der Waals surface area contributed by atoms with E-state index in [9.17, 15) is 9.59 Å². The summed E-state index contributed by atoms with van der Waals surface area (Å²) in [5.41, 5.74) is 2.28. The number of benzene rings is 1. The number of aryl methyl sites for hydroxylation is 1. The lowest BCUT2D eigenvalue weighted by Gasteiger charge is -2.50. The average molecular weight is 394 g/mol. The standard InChI is InChI=1S/C24H31N3O2/c1-3-4-16-27-23(29)20-12-6-5-11-19(20)21(24(27)13-7-8-14-24)22(28)25-17-18-10-9-15-26(18)2/h5-6,9-12,15,21H,3-4,7-8,13-14,16-17H2,1-2H3,(H,25,28)/t21-/m1/s1. The van der Waals surface area contributed by atoms with Crippen LogP contribution in [0.3, 0.4) is 0 Å². The third kappa shape index (κ3) is 3.37. The maximum absolute atomic E-state index is 13.6. The van der Waals surface area contributed by atoms with Crippen LogP contribution in [0.15, 0.2) is 42.6 Å². The second-order valence-electron chi connectivity index (χ2n) is 8.47. The molecule has 1 atom stereocenters. The molecule has 4 rings (SSSR count). The quantitative estimate of drug-likeness (QED) is 0.807. The Hall–Kier alpha value is -2.56. The normalized spacial score (nSPS) is 20.1. The highest BCUT2D eigenvalue weighted by Gasteiger charge is 2.55. The van der Waals surface area contributed by atoms with Gasteiger partial charge in [-0.2, -0.15) is 0 Å². The number of rotatable bonds is 6. The summed E-state index contributed by atoms with van der Waals surface area (Å²) in [5.74, 6) is -0.173. The highest BCUT2D eigenvalue weighted by atomic mass is 16.2. The largest absolute Gasteiger partial charge is 0.353 e. The van der Waals surface area contributed by atoms with Gasteiger partial charge >= 0.3 is 0 Å². The molecule has 1 saturated carbocycles. The van der Waals surface area contributed by atoms with Gasteiger partial charge in [0.25, 0.3) is 5.91 Å². The van der Waals surface area contributed by atoms with Gasteiger partial charge in [-0.1, -0.05) is 44.4 Å². The Balaban J connectivity index is 1.72. The zero-order valence-corrected chi connectivity index (χ0v) is 17.5. The molecule has 2 aromatic rings. The average Bonchev–Trinajstić information content (AvgIpc) is 3.36. The summed E-state index contributed by atoms with van der Waals surface area (Å²) in [5, 5.41) is 3.18. The monoisotopic (exact) mass is 393 g/mol. The summed E-state index contributed by atoms with van der Waals surface area (Å²) in [6.07, 6.45) is 7.93. The first kappa shape index (κ1) is 19.7. The molecule has 0 bridgehead atoms. The predicted molar refractivity (Wildman–Crippen MR) is 114 cm³/mol. The van der Waals surface area contributed by atoms with Crippen LogP contribution in [0.4, 0.5) is 0 Å². The van der Waals surface area contributed by atoms with Crippen LogP contribution in [0, 0.1) is 0 Å². The van der Waals surface area contributed by atoms with E-state index in [0.29, 0.717) is 12.1 Å². The molecule has 0 unspecified atom stereocenters. The summed E-state index contributed by atoms with van der Waals surface area (Å²) < 4.78 is 2.03. The van der Waals surface area contributed by atoms with Crippen LogP contribution in [-0.2, 0) is 18.4 Å². The number of aromatic nitrogens is 1. The number of nitrogens with zero attached hydrogens (tertiary/aromatic N) is 2. The zero-order valence-electron chi connectivity index (χ0n) is 17.5. The molecule has 1 N–H and O–H groups in total. The molecule has 1 fully saturated rings. The second-order valence-corrected chi connectivity index (χ2v) is 8.47. The Morgan fingerprint density at radius 1 is 1.17 bits per heavy atom. The number of nitrogens with one attached hydrogen (secondary N) is 1. The second kappa shape index (κ2) is 8.05. The Labute approximate surface area is 173 Å². The van der Waals surface area contributed by atoms with E-state index in [1.807, 2.05) is 54.2 Å². The van der Waals surface area contributed by atoms with Crippen molar-refractivity contribution in [1.29, 1.82) is 0 Å². The first-order valence-electron chi connectivity index (χ1n) is 10.9. The molecular weight excluding hydrogens is 362 g/mol. The SMILES string of the molecule is CCCCN1C(=O)c2ccccc2[C@H](C(=O)NCc2cccn2C)C12CCCC2. The highest BCUT2D eigenvalue weighted by molar-refractivity contribution is 6.02. The smallest absolute Gasteiger partial charge is 0.254 e. The van der Waals surface area contributed by atoms with Crippen molar-refractivity contribution < 1.29 is 9.59 Å². The number of carbonyl (C=O) groups excluding carboxylic acids is 2. The van der Waals surface area contributed by atoms with Crippen LogP contribution in [0.25, 0.3) is 0 Å². The minimum atomic E-state index is -0.390. The van der Waals surface area contributed by atoms with Crippen molar-refractivity contribution in [2.75, 3.05) is 6.54 Å². The van der Waals surface area contributed by atoms with E-state index in [2.05, 4.69) is 17.1 Å². The zero-order chi connectivity index (χ0) is 20.4. The van der Waals surface area contributed by atoms with Gasteiger partial charge in [-0.3, -0.25) is 9.59 Å². The lowest BCUT2D eigenvalue weighted by atomic mass is 9.71. The fourth-order valence-corrected chi connectivity index (χ4v) is 5.27. The van der Waals surface area contributed by atoms with Crippen LogP contribution < -0.4 is 5.32 Å². The van der Waals surface area contributed by atoms with E-state index < -0.39 is 0 Å². The number of carbonyl (C=O) groups is 2. The minimum absolute atomic E-state index is 0.0366. The number of hydrogen-bond donors (Lipinski definition) is 1. The topological polar surface area (TPSA) is 54.3 Å². The van der Waals surface area contributed by atoms with Crippen LogP contribution in [-0.4, -0.2) is 33.4 Å². The first-order valence-corrected chi connectivity index (χ1v) is 10.9. The van der Waals surface area contributed by atoms with Crippen molar-refractivity contribution in [2.24, 2.45) is 7.05 Å².